The van der Waals surface area contributed by atoms with Crippen LogP contribution in [-0.2, 0) is 6.42 Å². The zero-order valence-electron chi connectivity index (χ0n) is 11.5. The zero-order valence-corrected chi connectivity index (χ0v) is 12.4. The van der Waals surface area contributed by atoms with E-state index in [9.17, 15) is 14.9 Å². The molecule has 1 aromatic heterocycles. The van der Waals surface area contributed by atoms with Crippen molar-refractivity contribution in [2.75, 3.05) is 11.4 Å². The monoisotopic (exact) mass is 302 g/mol. The van der Waals surface area contributed by atoms with Crippen LogP contribution in [0, 0.1) is 10.1 Å². The Labute approximate surface area is 126 Å². The molecule has 2 aromatic rings. The van der Waals surface area contributed by atoms with Crippen LogP contribution in [-0.4, -0.2) is 17.3 Å². The molecule has 0 atom stereocenters. The van der Waals surface area contributed by atoms with Crippen LogP contribution in [0.2, 0.25) is 0 Å². The lowest BCUT2D eigenvalue weighted by molar-refractivity contribution is -0.383. The minimum absolute atomic E-state index is 0.0157. The van der Waals surface area contributed by atoms with E-state index in [1.165, 1.54) is 29.9 Å². The number of fused-ring (bicyclic) bond motifs is 1. The normalized spacial score (nSPS) is 13.9. The highest BCUT2D eigenvalue weighted by Crippen LogP contribution is 2.43. The summed E-state index contributed by atoms with van der Waals surface area (Å²) in [4.78, 5) is 24.8. The second-order valence-corrected chi connectivity index (χ2v) is 6.03. The largest absolute Gasteiger partial charge is 0.327 e. The van der Waals surface area contributed by atoms with Crippen LogP contribution in [0.3, 0.4) is 0 Å². The van der Waals surface area contributed by atoms with Gasteiger partial charge in [0.05, 0.1) is 9.80 Å². The van der Waals surface area contributed by atoms with Gasteiger partial charge >= 0.3 is 5.69 Å². The third-order valence-electron chi connectivity index (χ3n) is 3.59. The van der Waals surface area contributed by atoms with Crippen molar-refractivity contribution >= 4 is 33.5 Å². The van der Waals surface area contributed by atoms with Gasteiger partial charge in [0, 0.05) is 18.3 Å². The minimum Gasteiger partial charge on any atom is -0.327 e. The zero-order chi connectivity index (χ0) is 15.0. The summed E-state index contributed by atoms with van der Waals surface area (Å²) in [6.45, 7) is 2.17. The van der Waals surface area contributed by atoms with Crippen molar-refractivity contribution in [3.63, 3.8) is 0 Å². The van der Waals surface area contributed by atoms with Crippen LogP contribution in [0.4, 0.5) is 16.4 Å². The summed E-state index contributed by atoms with van der Waals surface area (Å²) < 4.78 is 0. The Morgan fingerprint density at radius 2 is 2.14 bits per heavy atom. The van der Waals surface area contributed by atoms with Crippen molar-refractivity contribution in [3.8, 4) is 0 Å². The van der Waals surface area contributed by atoms with Crippen molar-refractivity contribution in [2.24, 2.45) is 0 Å². The Hall–Kier alpha value is -2.21. The summed E-state index contributed by atoms with van der Waals surface area (Å²) in [7, 11) is 0. The van der Waals surface area contributed by atoms with Crippen LogP contribution in [0.5, 0.6) is 0 Å². The number of aryl methyl sites for hydroxylation is 1. The lowest BCUT2D eigenvalue weighted by atomic mass is 10.0. The first-order chi connectivity index (χ1) is 10.1. The molecule has 6 heteroatoms. The first-order valence-corrected chi connectivity index (χ1v) is 7.54. The molecule has 0 radical (unpaired) electrons. The van der Waals surface area contributed by atoms with E-state index in [4.69, 9.17) is 0 Å². The molecule has 3 rings (SSSR count). The van der Waals surface area contributed by atoms with E-state index in [0.29, 0.717) is 9.88 Å². The van der Waals surface area contributed by atoms with Gasteiger partial charge in [0.25, 0.3) is 0 Å². The van der Waals surface area contributed by atoms with Gasteiger partial charge in [-0.25, -0.2) is 0 Å². The summed E-state index contributed by atoms with van der Waals surface area (Å²) in [5.74, 6) is -0.139. The first-order valence-electron chi connectivity index (χ1n) is 6.72. The van der Waals surface area contributed by atoms with Gasteiger partial charge in [-0.3, -0.25) is 14.9 Å². The fourth-order valence-corrected chi connectivity index (χ4v) is 3.67. The van der Waals surface area contributed by atoms with Crippen molar-refractivity contribution < 1.29 is 9.72 Å². The number of rotatable bonds is 3. The molecular formula is C15H14N2O3S. The molecule has 0 fully saturated rings. The molecule has 0 N–H and O–H groups in total. The molecule has 1 aliphatic heterocycles. The van der Waals surface area contributed by atoms with Gasteiger partial charge in [-0.1, -0.05) is 18.2 Å². The highest BCUT2D eigenvalue weighted by Gasteiger charge is 2.28. The number of Topliss-reactive ketones (excluding diaryl/α,β-unsaturated/α-hetero) is 1. The third kappa shape index (κ3) is 2.42. The number of anilines is 2. The van der Waals surface area contributed by atoms with Crippen LogP contribution in [0.1, 0.15) is 28.6 Å². The Morgan fingerprint density at radius 1 is 1.38 bits per heavy atom. The van der Waals surface area contributed by atoms with E-state index in [0.717, 1.165) is 25.1 Å². The predicted octanol–water partition coefficient (Wildman–Crippen LogP) is 3.94. The van der Waals surface area contributed by atoms with Crippen LogP contribution in [0.25, 0.3) is 0 Å². The molecule has 21 heavy (non-hydrogen) atoms. The standard InChI is InChI=1S/C15H14N2O3S/c1-10(18)14-9-13(17(19)20)15(21-14)16-8-4-6-11-5-2-3-7-12(11)16/h2-3,5,7,9H,4,6,8H2,1H3. The van der Waals surface area contributed by atoms with Gasteiger partial charge in [-0.05, 0) is 31.4 Å². The summed E-state index contributed by atoms with van der Waals surface area (Å²) in [5.41, 5.74) is 2.21. The number of ketones is 1. The number of hydrogen-bond donors (Lipinski definition) is 0. The molecule has 5 nitrogen and oxygen atoms in total. The predicted molar refractivity (Wildman–Crippen MR) is 82.7 cm³/mol. The molecule has 1 aliphatic rings. The fraction of sp³-hybridized carbons (Fsp3) is 0.267. The maximum Gasteiger partial charge on any atom is 0.304 e. The summed E-state index contributed by atoms with van der Waals surface area (Å²) in [6, 6.07) is 9.33. The number of nitrogens with zero attached hydrogens (tertiary/aromatic N) is 2. The van der Waals surface area contributed by atoms with E-state index in [2.05, 4.69) is 0 Å². The van der Waals surface area contributed by atoms with Gasteiger partial charge in [0.15, 0.2) is 10.8 Å². The molecule has 0 spiro atoms. The number of nitro groups is 1. The smallest absolute Gasteiger partial charge is 0.304 e. The first kappa shape index (κ1) is 13.8. The summed E-state index contributed by atoms with van der Waals surface area (Å²) in [5, 5.41) is 11.8. The Morgan fingerprint density at radius 3 is 2.86 bits per heavy atom. The van der Waals surface area contributed by atoms with Crippen LogP contribution < -0.4 is 4.90 Å². The molecule has 0 bridgehead atoms. The molecule has 1 aromatic carbocycles. The molecule has 0 amide bonds. The Bertz CT molecular complexity index is 723. The number of carbonyl (C=O) groups is 1. The van der Waals surface area contributed by atoms with Gasteiger partial charge in [-0.15, -0.1) is 11.3 Å². The highest BCUT2D eigenvalue weighted by atomic mass is 32.1. The third-order valence-corrected chi connectivity index (χ3v) is 4.84. The molecule has 0 saturated carbocycles. The van der Waals surface area contributed by atoms with Crippen molar-refractivity contribution in [1.82, 2.24) is 0 Å². The average Bonchev–Trinajstić information content (AvgIpc) is 2.92. The van der Waals surface area contributed by atoms with Crippen LogP contribution >= 0.6 is 11.3 Å². The lowest BCUT2D eigenvalue weighted by Gasteiger charge is -2.29. The number of thiophene rings is 1. The second-order valence-electron chi connectivity index (χ2n) is 5.00. The van der Waals surface area contributed by atoms with Crippen molar-refractivity contribution in [1.29, 1.82) is 0 Å². The second kappa shape index (κ2) is 5.29. The van der Waals surface area contributed by atoms with Crippen LogP contribution in [0.15, 0.2) is 30.3 Å². The topological polar surface area (TPSA) is 63.4 Å². The summed E-state index contributed by atoms with van der Waals surface area (Å²) in [6.07, 6.45) is 1.92. The Balaban J connectivity index is 2.13. The Kier molecular flexibility index (Phi) is 3.47. The summed E-state index contributed by atoms with van der Waals surface area (Å²) >= 11 is 1.20. The SMILES string of the molecule is CC(=O)c1cc([N+](=O)[O-])c(N2CCCc3ccccc32)s1. The quantitative estimate of drug-likeness (QED) is 0.489. The molecule has 0 saturated heterocycles. The van der Waals surface area contributed by atoms with Crippen molar-refractivity contribution in [3.05, 3.63) is 50.9 Å². The number of hydrogen-bond acceptors (Lipinski definition) is 5. The maximum atomic E-state index is 11.5. The molecule has 0 aliphatic carbocycles. The van der Waals surface area contributed by atoms with E-state index in [-0.39, 0.29) is 11.5 Å². The highest BCUT2D eigenvalue weighted by molar-refractivity contribution is 7.18. The van der Waals surface area contributed by atoms with Gasteiger partial charge in [0.2, 0.25) is 0 Å². The molecule has 0 unspecified atom stereocenters. The number of benzene rings is 1. The number of para-hydroxylation sites is 1. The molecule has 2 heterocycles. The van der Waals surface area contributed by atoms with E-state index < -0.39 is 4.92 Å². The van der Waals surface area contributed by atoms with E-state index in [1.807, 2.05) is 29.2 Å². The molecular weight excluding hydrogens is 288 g/mol. The van der Waals surface area contributed by atoms with Crippen molar-refractivity contribution in [2.45, 2.75) is 19.8 Å². The maximum absolute atomic E-state index is 11.5. The van der Waals surface area contributed by atoms with Gasteiger partial charge < -0.3 is 4.90 Å². The minimum atomic E-state index is -0.407. The van der Waals surface area contributed by atoms with Gasteiger partial charge in [-0.2, -0.15) is 0 Å². The van der Waals surface area contributed by atoms with E-state index in [1.54, 1.807) is 0 Å². The lowest BCUT2D eigenvalue weighted by Crippen LogP contribution is -2.24. The average molecular weight is 302 g/mol. The number of carbonyl (C=O) groups excluding carboxylic acids is 1. The fourth-order valence-electron chi connectivity index (χ4n) is 2.61. The molecule has 108 valence electrons. The van der Waals surface area contributed by atoms with E-state index >= 15 is 0 Å². The van der Waals surface area contributed by atoms with Gasteiger partial charge in [0.1, 0.15) is 0 Å².